The second-order valence-electron chi connectivity index (χ2n) is 5.77. The van der Waals surface area contributed by atoms with Crippen molar-refractivity contribution in [3.63, 3.8) is 0 Å². The number of carbonyl (C=O) groups is 1. The largest absolute Gasteiger partial charge is 0.494 e. The van der Waals surface area contributed by atoms with Gasteiger partial charge >= 0.3 is 0 Å². The Bertz CT molecular complexity index is 652. The van der Waals surface area contributed by atoms with E-state index in [2.05, 4.69) is 20.2 Å². The van der Waals surface area contributed by atoms with Gasteiger partial charge in [-0.1, -0.05) is 0 Å². The Kier molecular flexibility index (Phi) is 5.25. The lowest BCUT2D eigenvalue weighted by Gasteiger charge is -2.31. The highest BCUT2D eigenvalue weighted by molar-refractivity contribution is 5.92. The Hall–Kier alpha value is -2.63. The molecule has 6 nitrogen and oxygen atoms in total. The summed E-state index contributed by atoms with van der Waals surface area (Å²) in [6, 6.07) is 7.49. The Labute approximate surface area is 141 Å². The summed E-state index contributed by atoms with van der Waals surface area (Å²) in [5, 5.41) is 2.99. The lowest BCUT2D eigenvalue weighted by Crippen LogP contribution is -2.38. The molecule has 0 bridgehead atoms. The Morgan fingerprint density at radius 3 is 2.62 bits per heavy atom. The van der Waals surface area contributed by atoms with Crippen LogP contribution in [-0.2, 0) is 4.79 Å². The van der Waals surface area contributed by atoms with Crippen LogP contribution in [0.5, 0.6) is 5.75 Å². The molecular formula is C18H22N4O2. The number of benzene rings is 1. The average Bonchev–Trinajstić information content (AvgIpc) is 2.64. The first-order valence-electron chi connectivity index (χ1n) is 8.31. The van der Waals surface area contributed by atoms with E-state index < -0.39 is 0 Å². The maximum Gasteiger partial charge on any atom is 0.227 e. The minimum absolute atomic E-state index is 0.0319. The summed E-state index contributed by atoms with van der Waals surface area (Å²) in [6.45, 7) is 4.22. The second-order valence-corrected chi connectivity index (χ2v) is 5.77. The smallest absolute Gasteiger partial charge is 0.227 e. The molecule has 24 heavy (non-hydrogen) atoms. The highest BCUT2D eigenvalue weighted by Gasteiger charge is 2.25. The summed E-state index contributed by atoms with van der Waals surface area (Å²) in [5.41, 5.74) is 0.805. The van der Waals surface area contributed by atoms with Crippen LogP contribution in [0.25, 0.3) is 0 Å². The highest BCUT2D eigenvalue weighted by atomic mass is 16.5. The number of rotatable bonds is 5. The number of piperidine rings is 1. The molecular weight excluding hydrogens is 304 g/mol. The number of amides is 1. The van der Waals surface area contributed by atoms with E-state index in [-0.39, 0.29) is 11.8 Å². The van der Waals surface area contributed by atoms with Gasteiger partial charge in [-0.15, -0.1) is 0 Å². The topological polar surface area (TPSA) is 67.3 Å². The van der Waals surface area contributed by atoms with Crippen molar-refractivity contribution in [1.29, 1.82) is 0 Å². The molecule has 1 amide bonds. The Morgan fingerprint density at radius 2 is 2.00 bits per heavy atom. The van der Waals surface area contributed by atoms with E-state index in [0.29, 0.717) is 6.61 Å². The molecule has 1 saturated heterocycles. The molecule has 0 spiro atoms. The predicted molar refractivity (Wildman–Crippen MR) is 93.2 cm³/mol. The van der Waals surface area contributed by atoms with Gasteiger partial charge < -0.3 is 15.0 Å². The van der Waals surface area contributed by atoms with Crippen molar-refractivity contribution in [2.75, 3.05) is 29.9 Å². The lowest BCUT2D eigenvalue weighted by atomic mass is 9.96. The van der Waals surface area contributed by atoms with Gasteiger partial charge in [-0.2, -0.15) is 0 Å². The predicted octanol–water partition coefficient (Wildman–Crippen LogP) is 2.73. The van der Waals surface area contributed by atoms with E-state index >= 15 is 0 Å². The molecule has 1 fully saturated rings. The number of nitrogens with one attached hydrogen (secondary N) is 1. The van der Waals surface area contributed by atoms with Crippen LogP contribution < -0.4 is 15.0 Å². The van der Waals surface area contributed by atoms with Crippen molar-refractivity contribution in [2.24, 2.45) is 5.92 Å². The van der Waals surface area contributed by atoms with E-state index in [9.17, 15) is 4.79 Å². The summed E-state index contributed by atoms with van der Waals surface area (Å²) in [6.07, 6.45) is 6.76. The minimum atomic E-state index is 0.0319. The molecule has 1 aromatic heterocycles. The SMILES string of the molecule is CCOc1ccc(NC(=O)C2CCN(c3cnccn3)CC2)cc1. The zero-order valence-electron chi connectivity index (χ0n) is 13.8. The third-order valence-electron chi connectivity index (χ3n) is 4.17. The first kappa shape index (κ1) is 16.2. The molecule has 1 aliphatic heterocycles. The fourth-order valence-corrected chi connectivity index (χ4v) is 2.87. The summed E-state index contributed by atoms with van der Waals surface area (Å²) >= 11 is 0. The van der Waals surface area contributed by atoms with Crippen LogP contribution in [0.1, 0.15) is 19.8 Å². The Morgan fingerprint density at radius 1 is 1.25 bits per heavy atom. The van der Waals surface area contributed by atoms with Crippen LogP contribution in [0.3, 0.4) is 0 Å². The van der Waals surface area contributed by atoms with Gasteiger partial charge in [0.05, 0.1) is 12.8 Å². The number of anilines is 2. The molecule has 2 heterocycles. The highest BCUT2D eigenvalue weighted by Crippen LogP contribution is 2.23. The third-order valence-corrected chi connectivity index (χ3v) is 4.17. The number of nitrogens with zero attached hydrogens (tertiary/aromatic N) is 3. The molecule has 0 radical (unpaired) electrons. The molecule has 126 valence electrons. The number of carbonyl (C=O) groups excluding carboxylic acids is 1. The normalized spacial score (nSPS) is 15.1. The van der Waals surface area contributed by atoms with Crippen LogP contribution >= 0.6 is 0 Å². The maximum atomic E-state index is 12.4. The standard InChI is InChI=1S/C18H22N4O2/c1-2-24-16-5-3-15(4-6-16)21-18(23)14-7-11-22(12-8-14)17-13-19-9-10-20-17/h3-6,9-10,13-14H,2,7-8,11-12H2,1H3,(H,21,23). The average molecular weight is 326 g/mol. The number of hydrogen-bond donors (Lipinski definition) is 1. The van der Waals surface area contributed by atoms with E-state index in [1.54, 1.807) is 18.6 Å². The van der Waals surface area contributed by atoms with E-state index in [0.717, 1.165) is 43.2 Å². The summed E-state index contributed by atoms with van der Waals surface area (Å²) in [5.74, 6) is 1.80. The van der Waals surface area contributed by atoms with Crippen LogP contribution in [0, 0.1) is 5.92 Å². The zero-order valence-corrected chi connectivity index (χ0v) is 13.8. The molecule has 1 N–H and O–H groups in total. The first-order chi connectivity index (χ1) is 11.8. The van der Waals surface area contributed by atoms with Gasteiger partial charge in [0.1, 0.15) is 11.6 Å². The molecule has 0 atom stereocenters. The number of ether oxygens (including phenoxy) is 1. The van der Waals surface area contributed by atoms with Gasteiger partial charge in [-0.05, 0) is 44.0 Å². The van der Waals surface area contributed by atoms with Crippen LogP contribution in [0.15, 0.2) is 42.9 Å². The van der Waals surface area contributed by atoms with E-state index in [1.165, 1.54) is 0 Å². The molecule has 6 heteroatoms. The van der Waals surface area contributed by atoms with Crippen molar-refractivity contribution in [3.8, 4) is 5.75 Å². The second kappa shape index (κ2) is 7.77. The Balaban J connectivity index is 1.51. The molecule has 2 aromatic rings. The molecule has 0 aliphatic carbocycles. The maximum absolute atomic E-state index is 12.4. The molecule has 1 aromatic carbocycles. The minimum Gasteiger partial charge on any atom is -0.494 e. The van der Waals surface area contributed by atoms with Crippen molar-refractivity contribution in [2.45, 2.75) is 19.8 Å². The van der Waals surface area contributed by atoms with Crippen molar-refractivity contribution >= 4 is 17.4 Å². The van der Waals surface area contributed by atoms with Gasteiger partial charge in [-0.25, -0.2) is 4.98 Å². The molecule has 0 saturated carbocycles. The molecule has 1 aliphatic rings. The monoisotopic (exact) mass is 326 g/mol. The van der Waals surface area contributed by atoms with Crippen molar-refractivity contribution in [3.05, 3.63) is 42.9 Å². The molecule has 3 rings (SSSR count). The fraction of sp³-hybridized carbons (Fsp3) is 0.389. The van der Waals surface area contributed by atoms with E-state index in [4.69, 9.17) is 4.74 Å². The number of aromatic nitrogens is 2. The molecule has 0 unspecified atom stereocenters. The van der Waals surface area contributed by atoms with E-state index in [1.807, 2.05) is 31.2 Å². The van der Waals surface area contributed by atoms with Crippen molar-refractivity contribution < 1.29 is 9.53 Å². The fourth-order valence-electron chi connectivity index (χ4n) is 2.87. The first-order valence-corrected chi connectivity index (χ1v) is 8.31. The summed E-state index contributed by atoms with van der Waals surface area (Å²) in [7, 11) is 0. The van der Waals surface area contributed by atoms with Gasteiger partial charge in [0, 0.05) is 37.1 Å². The van der Waals surface area contributed by atoms with Crippen LogP contribution in [-0.4, -0.2) is 35.6 Å². The van der Waals surface area contributed by atoms with Crippen LogP contribution in [0.2, 0.25) is 0 Å². The van der Waals surface area contributed by atoms with Gasteiger partial charge in [0.2, 0.25) is 5.91 Å². The summed E-state index contributed by atoms with van der Waals surface area (Å²) in [4.78, 5) is 23.0. The zero-order chi connectivity index (χ0) is 16.8. The van der Waals surface area contributed by atoms with Gasteiger partial charge in [-0.3, -0.25) is 9.78 Å². The van der Waals surface area contributed by atoms with Gasteiger partial charge in [0.15, 0.2) is 0 Å². The number of hydrogen-bond acceptors (Lipinski definition) is 5. The van der Waals surface area contributed by atoms with Gasteiger partial charge in [0.25, 0.3) is 0 Å². The van der Waals surface area contributed by atoms with Crippen LogP contribution in [0.4, 0.5) is 11.5 Å². The quantitative estimate of drug-likeness (QED) is 0.915. The lowest BCUT2D eigenvalue weighted by molar-refractivity contribution is -0.120. The van der Waals surface area contributed by atoms with Crippen molar-refractivity contribution in [1.82, 2.24) is 9.97 Å². The third kappa shape index (κ3) is 4.01. The summed E-state index contributed by atoms with van der Waals surface area (Å²) < 4.78 is 5.41.